The Balaban J connectivity index is 1.80. The molecule has 0 aromatic heterocycles. The Morgan fingerprint density at radius 1 is 1.37 bits per heavy atom. The Labute approximate surface area is 120 Å². The average Bonchev–Trinajstić information content (AvgIpc) is 2.89. The molecule has 19 heavy (non-hydrogen) atoms. The number of aliphatic carboxylic acids is 1. The van der Waals surface area contributed by atoms with Crippen LogP contribution in [0.2, 0.25) is 0 Å². The summed E-state index contributed by atoms with van der Waals surface area (Å²) in [5.41, 5.74) is 0. The molecule has 4 nitrogen and oxygen atoms in total. The van der Waals surface area contributed by atoms with Crippen LogP contribution in [0.25, 0.3) is 0 Å². The molecule has 0 saturated carbocycles. The predicted molar refractivity (Wildman–Crippen MR) is 77.4 cm³/mol. The summed E-state index contributed by atoms with van der Waals surface area (Å²) >= 11 is 3.11. The van der Waals surface area contributed by atoms with Crippen LogP contribution in [0.3, 0.4) is 0 Å². The van der Waals surface area contributed by atoms with Crippen LogP contribution in [0, 0.1) is 0 Å². The number of nitrogens with zero attached hydrogens (tertiary/aromatic N) is 1. The number of carbonyl (C=O) groups is 2. The van der Waals surface area contributed by atoms with E-state index in [-0.39, 0.29) is 5.91 Å². The van der Waals surface area contributed by atoms with Gasteiger partial charge in [-0.3, -0.25) is 4.79 Å². The van der Waals surface area contributed by atoms with Crippen molar-refractivity contribution in [3.63, 3.8) is 0 Å². The minimum Gasteiger partial charge on any atom is -0.480 e. The fourth-order valence-electron chi connectivity index (χ4n) is 1.81. The fourth-order valence-corrected chi connectivity index (χ4v) is 3.84. The maximum absolute atomic E-state index is 12.0. The van der Waals surface area contributed by atoms with Gasteiger partial charge < -0.3 is 10.0 Å². The van der Waals surface area contributed by atoms with Gasteiger partial charge >= 0.3 is 5.97 Å². The lowest BCUT2D eigenvalue weighted by molar-refractivity contribution is -0.147. The highest BCUT2D eigenvalue weighted by Gasteiger charge is 2.33. The monoisotopic (exact) mass is 297 g/mol. The molecule has 0 spiro atoms. The van der Waals surface area contributed by atoms with Crippen LogP contribution in [-0.2, 0) is 9.59 Å². The topological polar surface area (TPSA) is 57.6 Å². The summed E-state index contributed by atoms with van der Waals surface area (Å²) in [6.07, 6.45) is 0.379. The van der Waals surface area contributed by atoms with Crippen molar-refractivity contribution >= 4 is 35.4 Å². The minimum atomic E-state index is -0.908. The number of carbonyl (C=O) groups excluding carboxylic acids is 1. The molecule has 102 valence electrons. The number of carboxylic acid groups (broad SMARTS) is 1. The molecule has 0 radical (unpaired) electrons. The third kappa shape index (κ3) is 3.91. The van der Waals surface area contributed by atoms with Crippen LogP contribution < -0.4 is 0 Å². The van der Waals surface area contributed by atoms with E-state index >= 15 is 0 Å². The first-order valence-corrected chi connectivity index (χ1v) is 8.10. The second-order valence-corrected chi connectivity index (χ2v) is 6.30. The molecule has 1 saturated heterocycles. The van der Waals surface area contributed by atoms with Gasteiger partial charge in [-0.2, -0.15) is 0 Å². The summed E-state index contributed by atoms with van der Waals surface area (Å²) in [6.45, 7) is 0. The molecular weight excluding hydrogens is 282 g/mol. The van der Waals surface area contributed by atoms with Crippen molar-refractivity contribution in [2.24, 2.45) is 0 Å². The predicted octanol–water partition coefficient (Wildman–Crippen LogP) is 2.15. The van der Waals surface area contributed by atoms with Gasteiger partial charge in [-0.1, -0.05) is 18.2 Å². The van der Waals surface area contributed by atoms with Crippen molar-refractivity contribution in [3.8, 4) is 0 Å². The maximum Gasteiger partial charge on any atom is 0.327 e. The van der Waals surface area contributed by atoms with Gasteiger partial charge in [0.05, 0.1) is 5.88 Å². The van der Waals surface area contributed by atoms with Gasteiger partial charge in [-0.15, -0.1) is 23.5 Å². The molecule has 1 aromatic carbocycles. The summed E-state index contributed by atoms with van der Waals surface area (Å²) in [5, 5.41) is 9.02. The van der Waals surface area contributed by atoms with E-state index in [4.69, 9.17) is 5.11 Å². The minimum absolute atomic E-state index is 0.0687. The summed E-state index contributed by atoms with van der Waals surface area (Å²) in [5.74, 6) is 0.685. The molecule has 1 fully saturated rings. The lowest BCUT2D eigenvalue weighted by Crippen LogP contribution is -2.41. The van der Waals surface area contributed by atoms with E-state index in [1.807, 2.05) is 30.3 Å². The summed E-state index contributed by atoms with van der Waals surface area (Å²) < 4.78 is 0. The van der Waals surface area contributed by atoms with Crippen molar-refractivity contribution in [1.82, 2.24) is 4.90 Å². The van der Waals surface area contributed by atoms with E-state index in [1.165, 1.54) is 16.7 Å². The van der Waals surface area contributed by atoms with E-state index in [2.05, 4.69) is 0 Å². The summed E-state index contributed by atoms with van der Waals surface area (Å²) in [4.78, 5) is 25.6. The van der Waals surface area contributed by atoms with Crippen LogP contribution in [0.5, 0.6) is 0 Å². The molecule has 1 aromatic rings. The molecule has 1 atom stereocenters. The van der Waals surface area contributed by atoms with Crippen molar-refractivity contribution in [1.29, 1.82) is 0 Å². The Morgan fingerprint density at radius 2 is 2.11 bits per heavy atom. The van der Waals surface area contributed by atoms with Gasteiger partial charge in [-0.05, 0) is 12.1 Å². The van der Waals surface area contributed by atoms with Gasteiger partial charge in [-0.25, -0.2) is 4.79 Å². The smallest absolute Gasteiger partial charge is 0.327 e. The van der Waals surface area contributed by atoms with Crippen LogP contribution in [0.15, 0.2) is 35.2 Å². The first-order valence-electron chi connectivity index (χ1n) is 5.96. The van der Waals surface area contributed by atoms with E-state index in [0.29, 0.717) is 23.8 Å². The highest BCUT2D eigenvalue weighted by molar-refractivity contribution is 7.99. The average molecular weight is 297 g/mol. The Kier molecular flexibility index (Phi) is 5.15. The Morgan fingerprint density at radius 3 is 2.79 bits per heavy atom. The van der Waals surface area contributed by atoms with Crippen LogP contribution >= 0.6 is 23.5 Å². The molecule has 1 aliphatic rings. The van der Waals surface area contributed by atoms with E-state index in [1.54, 1.807) is 11.8 Å². The van der Waals surface area contributed by atoms with Crippen LogP contribution in [-0.4, -0.2) is 45.3 Å². The second kappa shape index (κ2) is 6.86. The van der Waals surface area contributed by atoms with Gasteiger partial charge in [0.2, 0.25) is 5.91 Å². The van der Waals surface area contributed by atoms with Gasteiger partial charge in [0, 0.05) is 22.8 Å². The number of carboxylic acids is 1. The quantitative estimate of drug-likeness (QED) is 0.844. The highest BCUT2D eigenvalue weighted by Crippen LogP contribution is 2.23. The molecule has 1 aliphatic heterocycles. The molecule has 1 N–H and O–H groups in total. The number of amides is 1. The first-order chi connectivity index (χ1) is 9.18. The summed E-state index contributed by atoms with van der Waals surface area (Å²) in [6, 6.07) is 9.22. The molecule has 0 bridgehead atoms. The van der Waals surface area contributed by atoms with Crippen molar-refractivity contribution in [3.05, 3.63) is 30.3 Å². The second-order valence-electron chi connectivity index (χ2n) is 4.13. The van der Waals surface area contributed by atoms with Gasteiger partial charge in [0.1, 0.15) is 6.04 Å². The van der Waals surface area contributed by atoms with Gasteiger partial charge in [0.15, 0.2) is 0 Å². The first kappa shape index (κ1) is 14.3. The van der Waals surface area contributed by atoms with Gasteiger partial charge in [0.25, 0.3) is 0 Å². The van der Waals surface area contributed by atoms with E-state index in [0.717, 1.165) is 4.90 Å². The zero-order valence-corrected chi connectivity index (χ0v) is 12.0. The standard InChI is InChI=1S/C13H15NO3S2/c15-12(14-9-18-8-11(14)13(16)17)6-7-19-10-4-2-1-3-5-10/h1-5,11H,6-9H2,(H,16,17)/t11-/m0/s1. The highest BCUT2D eigenvalue weighted by atomic mass is 32.2. The molecule has 0 aliphatic carbocycles. The fraction of sp³-hybridized carbons (Fsp3) is 0.385. The van der Waals surface area contributed by atoms with Crippen molar-refractivity contribution < 1.29 is 14.7 Å². The van der Waals surface area contributed by atoms with Crippen molar-refractivity contribution in [2.45, 2.75) is 17.4 Å². The third-order valence-electron chi connectivity index (χ3n) is 2.82. The number of rotatable bonds is 5. The van der Waals surface area contributed by atoms with E-state index in [9.17, 15) is 9.59 Å². The molecule has 0 unspecified atom stereocenters. The molecule has 1 heterocycles. The molecule has 1 amide bonds. The summed E-state index contributed by atoms with van der Waals surface area (Å²) in [7, 11) is 0. The number of hydrogen-bond acceptors (Lipinski definition) is 4. The number of thioether (sulfide) groups is 2. The molecular formula is C13H15NO3S2. The van der Waals surface area contributed by atoms with Crippen LogP contribution in [0.4, 0.5) is 0 Å². The van der Waals surface area contributed by atoms with E-state index < -0.39 is 12.0 Å². The number of benzene rings is 1. The Hall–Kier alpha value is -1.14. The lowest BCUT2D eigenvalue weighted by atomic mass is 10.3. The Bertz CT molecular complexity index is 452. The largest absolute Gasteiger partial charge is 0.480 e. The lowest BCUT2D eigenvalue weighted by Gasteiger charge is -2.20. The zero-order valence-electron chi connectivity index (χ0n) is 10.3. The number of hydrogen-bond donors (Lipinski definition) is 1. The SMILES string of the molecule is O=C(O)[C@@H]1CSCN1C(=O)CCSc1ccccc1. The molecule has 2 rings (SSSR count). The van der Waals surface area contributed by atoms with Crippen molar-refractivity contribution in [2.75, 3.05) is 17.4 Å². The molecule has 6 heteroatoms. The third-order valence-corrected chi connectivity index (χ3v) is 4.84. The maximum atomic E-state index is 12.0. The zero-order chi connectivity index (χ0) is 13.7. The van der Waals surface area contributed by atoms with Crippen LogP contribution in [0.1, 0.15) is 6.42 Å². The normalized spacial score (nSPS) is 18.5.